The first kappa shape index (κ1) is 12.2. The van der Waals surface area contributed by atoms with E-state index in [1.807, 2.05) is 4.68 Å². The van der Waals surface area contributed by atoms with Crippen LogP contribution in [0.4, 0.5) is 0 Å². The molecule has 0 bridgehead atoms. The molecule has 0 saturated heterocycles. The highest BCUT2D eigenvalue weighted by Gasteiger charge is 2.22. The van der Waals surface area contributed by atoms with Gasteiger partial charge < -0.3 is 0 Å². The monoisotopic (exact) mass is 209 g/mol. The van der Waals surface area contributed by atoms with Gasteiger partial charge in [0.25, 0.3) is 0 Å². The molecule has 0 aliphatic heterocycles. The third kappa shape index (κ3) is 3.33. The molecule has 0 radical (unpaired) electrons. The van der Waals surface area contributed by atoms with Gasteiger partial charge in [0.05, 0.1) is 5.69 Å². The second-order valence-electron chi connectivity index (χ2n) is 4.85. The second kappa shape index (κ2) is 5.29. The molecule has 1 aromatic heterocycles. The normalized spacial score (nSPS) is 12.0. The van der Waals surface area contributed by atoms with E-state index in [1.165, 1.54) is 25.7 Å². The minimum Gasteiger partial charge on any atom is -0.252 e. The van der Waals surface area contributed by atoms with Gasteiger partial charge in [0.1, 0.15) is 0 Å². The quantitative estimate of drug-likeness (QED) is 0.720. The van der Waals surface area contributed by atoms with Gasteiger partial charge in [-0.05, 0) is 12.8 Å². The number of hydrogen-bond acceptors (Lipinski definition) is 2. The van der Waals surface area contributed by atoms with Crippen LogP contribution >= 0.6 is 0 Å². The van der Waals surface area contributed by atoms with Crippen LogP contribution in [0.15, 0.2) is 6.20 Å². The van der Waals surface area contributed by atoms with Gasteiger partial charge in [0.2, 0.25) is 0 Å². The molecule has 0 aliphatic carbocycles. The predicted molar refractivity (Wildman–Crippen MR) is 62.9 cm³/mol. The minimum atomic E-state index is 0.166. The molecule has 0 spiro atoms. The van der Waals surface area contributed by atoms with Crippen LogP contribution < -0.4 is 0 Å². The topological polar surface area (TPSA) is 30.7 Å². The molecule has 1 aromatic rings. The Bertz CT molecular complexity index is 289. The van der Waals surface area contributed by atoms with Crippen LogP contribution in [0, 0.1) is 0 Å². The molecule has 0 unspecified atom stereocenters. The Hall–Kier alpha value is -0.860. The summed E-state index contributed by atoms with van der Waals surface area (Å²) in [6.45, 7) is 9.88. The van der Waals surface area contributed by atoms with E-state index in [9.17, 15) is 0 Å². The molecule has 1 rings (SSSR count). The smallest absolute Gasteiger partial charge is 0.0883 e. The van der Waals surface area contributed by atoms with Crippen LogP contribution in [0.3, 0.4) is 0 Å². The van der Waals surface area contributed by atoms with E-state index >= 15 is 0 Å². The standard InChI is InChI=1S/C12H23N3/c1-5-7-9-15-10-11(13-14-15)12(3,4)8-6-2/h10H,5-9H2,1-4H3. The largest absolute Gasteiger partial charge is 0.252 e. The lowest BCUT2D eigenvalue weighted by Gasteiger charge is -2.20. The number of hydrogen-bond donors (Lipinski definition) is 0. The molecule has 0 saturated carbocycles. The van der Waals surface area contributed by atoms with E-state index in [0.29, 0.717) is 0 Å². The fourth-order valence-electron chi connectivity index (χ4n) is 1.79. The van der Waals surface area contributed by atoms with Gasteiger partial charge in [0.15, 0.2) is 0 Å². The summed E-state index contributed by atoms with van der Waals surface area (Å²) < 4.78 is 1.97. The predicted octanol–water partition coefficient (Wildman–Crippen LogP) is 3.16. The molecule has 0 fully saturated rings. The highest BCUT2D eigenvalue weighted by atomic mass is 15.4. The van der Waals surface area contributed by atoms with Gasteiger partial charge in [-0.1, -0.05) is 45.7 Å². The van der Waals surface area contributed by atoms with E-state index in [4.69, 9.17) is 0 Å². The first-order valence-electron chi connectivity index (χ1n) is 6.00. The Balaban J connectivity index is 2.66. The molecule has 0 aromatic carbocycles. The lowest BCUT2D eigenvalue weighted by atomic mass is 9.85. The molecule has 0 amide bonds. The number of unbranched alkanes of at least 4 members (excludes halogenated alkanes) is 1. The van der Waals surface area contributed by atoms with E-state index < -0.39 is 0 Å². The molecule has 0 aliphatic rings. The van der Waals surface area contributed by atoms with Gasteiger partial charge in [-0.3, -0.25) is 4.68 Å². The van der Waals surface area contributed by atoms with E-state index in [1.54, 1.807) is 0 Å². The van der Waals surface area contributed by atoms with E-state index in [0.717, 1.165) is 12.2 Å². The van der Waals surface area contributed by atoms with Crippen LogP contribution in [0.5, 0.6) is 0 Å². The minimum absolute atomic E-state index is 0.166. The average molecular weight is 209 g/mol. The van der Waals surface area contributed by atoms with Crippen molar-refractivity contribution in [1.82, 2.24) is 15.0 Å². The summed E-state index contributed by atoms with van der Waals surface area (Å²) in [5.41, 5.74) is 1.29. The maximum absolute atomic E-state index is 4.27. The fraction of sp³-hybridized carbons (Fsp3) is 0.833. The molecule has 0 N–H and O–H groups in total. The molecular formula is C12H23N3. The Morgan fingerprint density at radius 1 is 1.27 bits per heavy atom. The van der Waals surface area contributed by atoms with Crippen molar-refractivity contribution in [2.45, 2.75) is 65.3 Å². The Labute approximate surface area is 92.9 Å². The summed E-state index contributed by atoms with van der Waals surface area (Å²) in [7, 11) is 0. The fourth-order valence-corrected chi connectivity index (χ4v) is 1.79. The number of aryl methyl sites for hydroxylation is 1. The summed E-state index contributed by atoms with van der Waals surface area (Å²) in [6, 6.07) is 0. The zero-order valence-corrected chi connectivity index (χ0v) is 10.5. The van der Waals surface area contributed by atoms with Crippen molar-refractivity contribution in [3.8, 4) is 0 Å². The lowest BCUT2D eigenvalue weighted by molar-refractivity contribution is 0.458. The van der Waals surface area contributed by atoms with Crippen molar-refractivity contribution in [2.75, 3.05) is 0 Å². The maximum Gasteiger partial charge on any atom is 0.0883 e. The average Bonchev–Trinajstić information content (AvgIpc) is 2.63. The van der Waals surface area contributed by atoms with Crippen LogP contribution in [0.25, 0.3) is 0 Å². The zero-order chi connectivity index (χ0) is 11.3. The third-order valence-corrected chi connectivity index (χ3v) is 2.85. The molecular weight excluding hydrogens is 186 g/mol. The molecule has 3 heteroatoms. The van der Waals surface area contributed by atoms with Crippen molar-refractivity contribution in [3.05, 3.63) is 11.9 Å². The Morgan fingerprint density at radius 2 is 2.00 bits per heavy atom. The van der Waals surface area contributed by atoms with E-state index in [-0.39, 0.29) is 5.41 Å². The molecule has 15 heavy (non-hydrogen) atoms. The van der Waals surface area contributed by atoms with Gasteiger partial charge in [-0.15, -0.1) is 5.10 Å². The van der Waals surface area contributed by atoms with Crippen LogP contribution in [0.1, 0.15) is 59.1 Å². The second-order valence-corrected chi connectivity index (χ2v) is 4.85. The van der Waals surface area contributed by atoms with Gasteiger partial charge in [-0.25, -0.2) is 0 Å². The van der Waals surface area contributed by atoms with Crippen molar-refractivity contribution >= 4 is 0 Å². The number of nitrogens with zero attached hydrogens (tertiary/aromatic N) is 3. The van der Waals surface area contributed by atoms with Crippen molar-refractivity contribution in [3.63, 3.8) is 0 Å². The summed E-state index contributed by atoms with van der Waals surface area (Å²) in [5.74, 6) is 0. The lowest BCUT2D eigenvalue weighted by Crippen LogP contribution is -2.17. The number of aromatic nitrogens is 3. The van der Waals surface area contributed by atoms with Gasteiger partial charge in [-0.2, -0.15) is 0 Å². The molecule has 3 nitrogen and oxygen atoms in total. The molecule has 0 atom stereocenters. The third-order valence-electron chi connectivity index (χ3n) is 2.85. The Kier molecular flexibility index (Phi) is 4.30. The highest BCUT2D eigenvalue weighted by Crippen LogP contribution is 2.25. The Morgan fingerprint density at radius 3 is 2.60 bits per heavy atom. The van der Waals surface area contributed by atoms with Crippen molar-refractivity contribution in [2.24, 2.45) is 0 Å². The first-order chi connectivity index (χ1) is 7.10. The molecule has 86 valence electrons. The first-order valence-corrected chi connectivity index (χ1v) is 6.00. The van der Waals surface area contributed by atoms with Crippen LogP contribution in [0.2, 0.25) is 0 Å². The van der Waals surface area contributed by atoms with Crippen LogP contribution in [-0.2, 0) is 12.0 Å². The van der Waals surface area contributed by atoms with Gasteiger partial charge in [0, 0.05) is 18.2 Å². The van der Waals surface area contributed by atoms with Crippen molar-refractivity contribution in [1.29, 1.82) is 0 Å². The van der Waals surface area contributed by atoms with Crippen LogP contribution in [-0.4, -0.2) is 15.0 Å². The number of rotatable bonds is 6. The van der Waals surface area contributed by atoms with E-state index in [2.05, 4.69) is 44.2 Å². The summed E-state index contributed by atoms with van der Waals surface area (Å²) in [4.78, 5) is 0. The maximum atomic E-state index is 4.27. The summed E-state index contributed by atoms with van der Waals surface area (Å²) >= 11 is 0. The SMILES string of the molecule is CCCCn1cc(C(C)(C)CCC)nn1. The van der Waals surface area contributed by atoms with Gasteiger partial charge >= 0.3 is 0 Å². The summed E-state index contributed by atoms with van der Waals surface area (Å²) in [6.07, 6.45) is 6.84. The van der Waals surface area contributed by atoms with Crippen molar-refractivity contribution < 1.29 is 0 Å². The molecule has 1 heterocycles. The zero-order valence-electron chi connectivity index (χ0n) is 10.5. The summed E-state index contributed by atoms with van der Waals surface area (Å²) in [5, 5.41) is 8.44. The highest BCUT2D eigenvalue weighted by molar-refractivity contribution is 5.08.